The van der Waals surface area contributed by atoms with Crippen molar-refractivity contribution >= 4 is 17.4 Å². The van der Waals surface area contributed by atoms with E-state index in [1.54, 1.807) is 7.05 Å². The topological polar surface area (TPSA) is 49.3 Å². The summed E-state index contributed by atoms with van der Waals surface area (Å²) in [6, 6.07) is 2.11. The molecule has 3 nitrogen and oxygen atoms in total. The SMILES string of the molecule is CNCC(=O)c1c(F)ccc(O)c1Cl. The Hall–Kier alpha value is -1.13. The molecule has 2 N–H and O–H groups in total. The number of aromatic hydroxyl groups is 1. The first-order valence-electron chi connectivity index (χ1n) is 3.92. The van der Waals surface area contributed by atoms with Crippen molar-refractivity contribution in [2.45, 2.75) is 0 Å². The van der Waals surface area contributed by atoms with Crippen molar-refractivity contribution in [3.05, 3.63) is 28.5 Å². The van der Waals surface area contributed by atoms with Crippen LogP contribution in [-0.2, 0) is 0 Å². The first-order valence-corrected chi connectivity index (χ1v) is 4.30. The van der Waals surface area contributed by atoms with Crippen LogP contribution in [0.1, 0.15) is 10.4 Å². The van der Waals surface area contributed by atoms with Crippen LogP contribution >= 0.6 is 11.6 Å². The molecule has 0 aliphatic carbocycles. The van der Waals surface area contributed by atoms with Gasteiger partial charge in [-0.25, -0.2) is 4.39 Å². The number of benzene rings is 1. The summed E-state index contributed by atoms with van der Waals surface area (Å²) < 4.78 is 13.2. The van der Waals surface area contributed by atoms with Crippen molar-refractivity contribution < 1.29 is 14.3 Å². The summed E-state index contributed by atoms with van der Waals surface area (Å²) in [5.74, 6) is -1.52. The number of ketones is 1. The maximum Gasteiger partial charge on any atom is 0.181 e. The van der Waals surface area contributed by atoms with Gasteiger partial charge in [0.25, 0.3) is 0 Å². The van der Waals surface area contributed by atoms with E-state index >= 15 is 0 Å². The molecule has 0 fully saturated rings. The second-order valence-corrected chi connectivity index (χ2v) is 3.09. The van der Waals surface area contributed by atoms with E-state index in [0.29, 0.717) is 0 Å². The average Bonchev–Trinajstić information content (AvgIpc) is 2.13. The highest BCUT2D eigenvalue weighted by atomic mass is 35.5. The van der Waals surface area contributed by atoms with Gasteiger partial charge in [0.15, 0.2) is 5.78 Å². The van der Waals surface area contributed by atoms with Crippen LogP contribution in [0.3, 0.4) is 0 Å². The molecule has 1 aromatic carbocycles. The lowest BCUT2D eigenvalue weighted by atomic mass is 10.1. The normalized spacial score (nSPS) is 10.2. The zero-order valence-corrected chi connectivity index (χ0v) is 8.23. The molecule has 1 aromatic rings. The van der Waals surface area contributed by atoms with Crippen molar-refractivity contribution in [2.24, 2.45) is 0 Å². The number of likely N-dealkylation sites (N-methyl/N-ethyl adjacent to an activating group) is 1. The van der Waals surface area contributed by atoms with Gasteiger partial charge in [-0.05, 0) is 19.2 Å². The molecule has 14 heavy (non-hydrogen) atoms. The van der Waals surface area contributed by atoms with Crippen LogP contribution in [0.5, 0.6) is 5.75 Å². The molecular weight excluding hydrogens is 209 g/mol. The van der Waals surface area contributed by atoms with Gasteiger partial charge < -0.3 is 10.4 Å². The van der Waals surface area contributed by atoms with Crippen molar-refractivity contribution in [3.8, 4) is 5.75 Å². The van der Waals surface area contributed by atoms with Crippen molar-refractivity contribution in [1.82, 2.24) is 5.32 Å². The van der Waals surface area contributed by atoms with Gasteiger partial charge in [-0.2, -0.15) is 0 Å². The van der Waals surface area contributed by atoms with E-state index in [4.69, 9.17) is 11.6 Å². The number of nitrogens with one attached hydrogen (secondary N) is 1. The highest BCUT2D eigenvalue weighted by molar-refractivity contribution is 6.35. The third-order valence-electron chi connectivity index (χ3n) is 1.69. The second-order valence-electron chi connectivity index (χ2n) is 2.71. The molecule has 5 heteroatoms. The van der Waals surface area contributed by atoms with E-state index in [-0.39, 0.29) is 22.9 Å². The largest absolute Gasteiger partial charge is 0.506 e. The van der Waals surface area contributed by atoms with Gasteiger partial charge in [0, 0.05) is 0 Å². The quantitative estimate of drug-likeness (QED) is 0.756. The van der Waals surface area contributed by atoms with Crippen LogP contribution in [0.25, 0.3) is 0 Å². The van der Waals surface area contributed by atoms with Crippen LogP contribution in [0, 0.1) is 5.82 Å². The minimum atomic E-state index is -0.729. The highest BCUT2D eigenvalue weighted by Crippen LogP contribution is 2.29. The molecule has 0 spiro atoms. The third-order valence-corrected chi connectivity index (χ3v) is 2.07. The molecule has 0 unspecified atom stereocenters. The fourth-order valence-electron chi connectivity index (χ4n) is 1.05. The lowest BCUT2D eigenvalue weighted by molar-refractivity contribution is 0.0989. The molecule has 0 amide bonds. The van der Waals surface area contributed by atoms with E-state index < -0.39 is 11.6 Å². The number of phenols is 1. The molecule has 0 aromatic heterocycles. The summed E-state index contributed by atoms with van der Waals surface area (Å²) in [6.45, 7) is -0.0277. The number of carbonyl (C=O) groups excluding carboxylic acids is 1. The molecule has 0 saturated heterocycles. The summed E-state index contributed by atoms with van der Waals surface area (Å²) in [7, 11) is 1.56. The van der Waals surface area contributed by atoms with Gasteiger partial charge in [-0.3, -0.25) is 4.79 Å². The Kier molecular flexibility index (Phi) is 3.43. The molecule has 0 atom stereocenters. The van der Waals surface area contributed by atoms with Crippen LogP contribution in [0.4, 0.5) is 4.39 Å². The highest BCUT2D eigenvalue weighted by Gasteiger charge is 2.17. The number of hydrogen-bond donors (Lipinski definition) is 2. The Bertz CT molecular complexity index is 368. The number of phenolic OH excluding ortho intramolecular Hbond substituents is 1. The first-order chi connectivity index (χ1) is 6.57. The summed E-state index contributed by atoms with van der Waals surface area (Å²) >= 11 is 5.59. The van der Waals surface area contributed by atoms with Crippen LogP contribution in [-0.4, -0.2) is 24.5 Å². The van der Waals surface area contributed by atoms with Gasteiger partial charge in [0.1, 0.15) is 11.6 Å². The molecule has 0 heterocycles. The Morgan fingerprint density at radius 1 is 1.64 bits per heavy atom. The number of rotatable bonds is 3. The van der Waals surface area contributed by atoms with Crippen molar-refractivity contribution in [2.75, 3.05) is 13.6 Å². The fourth-order valence-corrected chi connectivity index (χ4v) is 1.30. The zero-order chi connectivity index (χ0) is 10.7. The van der Waals surface area contributed by atoms with Crippen LogP contribution in [0.2, 0.25) is 5.02 Å². The van der Waals surface area contributed by atoms with Crippen molar-refractivity contribution in [1.29, 1.82) is 0 Å². The fraction of sp³-hybridized carbons (Fsp3) is 0.222. The molecule has 0 aliphatic heterocycles. The Balaban J connectivity index is 3.18. The molecule has 0 radical (unpaired) electrons. The summed E-state index contributed by atoms with van der Waals surface area (Å²) in [5.41, 5.74) is -0.277. The molecule has 0 bridgehead atoms. The predicted octanol–water partition coefficient (Wildman–Crippen LogP) is 1.59. The summed E-state index contributed by atoms with van der Waals surface area (Å²) in [4.78, 5) is 11.3. The minimum Gasteiger partial charge on any atom is -0.506 e. The lowest BCUT2D eigenvalue weighted by Gasteiger charge is -2.05. The van der Waals surface area contributed by atoms with Gasteiger partial charge in [-0.1, -0.05) is 11.6 Å². The summed E-state index contributed by atoms with van der Waals surface area (Å²) in [5, 5.41) is 11.5. The third kappa shape index (κ3) is 2.02. The van der Waals surface area contributed by atoms with E-state index in [1.807, 2.05) is 0 Å². The first kappa shape index (κ1) is 10.9. The monoisotopic (exact) mass is 217 g/mol. The van der Waals surface area contributed by atoms with Crippen LogP contribution < -0.4 is 5.32 Å². The van der Waals surface area contributed by atoms with Gasteiger partial charge in [-0.15, -0.1) is 0 Å². The zero-order valence-electron chi connectivity index (χ0n) is 7.47. The summed E-state index contributed by atoms with van der Waals surface area (Å²) in [6.07, 6.45) is 0. The molecule has 0 saturated carbocycles. The Morgan fingerprint density at radius 3 is 2.86 bits per heavy atom. The van der Waals surface area contributed by atoms with Gasteiger partial charge in [0.05, 0.1) is 17.1 Å². The number of Topliss-reactive ketones (excluding diaryl/α,β-unsaturated/α-hetero) is 1. The smallest absolute Gasteiger partial charge is 0.181 e. The molecule has 1 rings (SSSR count). The van der Waals surface area contributed by atoms with Crippen molar-refractivity contribution in [3.63, 3.8) is 0 Å². The van der Waals surface area contributed by atoms with E-state index in [0.717, 1.165) is 12.1 Å². The Labute approximate surface area is 85.5 Å². The predicted molar refractivity (Wildman–Crippen MR) is 51.3 cm³/mol. The maximum absolute atomic E-state index is 13.2. The minimum absolute atomic E-state index is 0.0277. The van der Waals surface area contributed by atoms with Gasteiger partial charge in [0.2, 0.25) is 0 Å². The molecular formula is C9H9ClFNO2. The second kappa shape index (κ2) is 4.39. The maximum atomic E-state index is 13.2. The Morgan fingerprint density at radius 2 is 2.29 bits per heavy atom. The van der Waals surface area contributed by atoms with E-state index in [2.05, 4.69) is 5.32 Å². The van der Waals surface area contributed by atoms with E-state index in [1.165, 1.54) is 0 Å². The number of halogens is 2. The number of hydrogen-bond acceptors (Lipinski definition) is 3. The average molecular weight is 218 g/mol. The van der Waals surface area contributed by atoms with Gasteiger partial charge >= 0.3 is 0 Å². The molecule has 76 valence electrons. The lowest BCUT2D eigenvalue weighted by Crippen LogP contribution is -2.20. The number of carbonyl (C=O) groups is 1. The van der Waals surface area contributed by atoms with Crippen LogP contribution in [0.15, 0.2) is 12.1 Å². The standard InChI is InChI=1S/C9H9ClFNO2/c1-12-4-7(14)8-5(11)2-3-6(13)9(8)10/h2-3,12-13H,4H2,1H3. The van der Waals surface area contributed by atoms with E-state index in [9.17, 15) is 14.3 Å². The molecule has 0 aliphatic rings.